The molecule has 0 fully saturated rings. The minimum atomic E-state index is -0.0124. The number of nitrogen functional groups attached to an aromatic ring is 1. The minimum Gasteiger partial charge on any atom is -0.397 e. The summed E-state index contributed by atoms with van der Waals surface area (Å²) in [4.78, 5) is 12.6. The second-order valence-electron chi connectivity index (χ2n) is 3.10. The van der Waals surface area contributed by atoms with Crippen molar-refractivity contribution in [2.24, 2.45) is 0 Å². The van der Waals surface area contributed by atoms with E-state index in [0.717, 1.165) is 11.4 Å². The van der Waals surface area contributed by atoms with E-state index in [1.54, 1.807) is 25.1 Å². The monoisotopic (exact) mass is 193 g/mol. The highest BCUT2D eigenvalue weighted by molar-refractivity contribution is 5.92. The van der Waals surface area contributed by atoms with Gasteiger partial charge in [-0.15, -0.1) is 0 Å². The van der Waals surface area contributed by atoms with Crippen LogP contribution in [-0.2, 0) is 4.79 Å². The number of anilines is 3. The number of carbonyl (C=O) groups is 1. The molecule has 4 nitrogen and oxygen atoms in total. The first-order chi connectivity index (χ1) is 6.56. The van der Waals surface area contributed by atoms with Crippen LogP contribution in [-0.4, -0.2) is 20.0 Å². The highest BCUT2D eigenvalue weighted by atomic mass is 16.2. The van der Waals surface area contributed by atoms with E-state index in [4.69, 9.17) is 5.73 Å². The SMILES string of the molecule is CNc1ccc(N(C)C(C)=O)cc1N. The molecule has 0 aliphatic carbocycles. The van der Waals surface area contributed by atoms with Crippen molar-refractivity contribution in [3.63, 3.8) is 0 Å². The summed E-state index contributed by atoms with van der Waals surface area (Å²) in [5.74, 6) is -0.0124. The van der Waals surface area contributed by atoms with E-state index in [2.05, 4.69) is 5.32 Å². The smallest absolute Gasteiger partial charge is 0.223 e. The molecular weight excluding hydrogens is 178 g/mol. The van der Waals surface area contributed by atoms with E-state index in [1.165, 1.54) is 6.92 Å². The van der Waals surface area contributed by atoms with Crippen LogP contribution in [0.4, 0.5) is 17.1 Å². The van der Waals surface area contributed by atoms with Gasteiger partial charge < -0.3 is 16.0 Å². The Hall–Kier alpha value is -1.71. The molecule has 0 saturated heterocycles. The van der Waals surface area contributed by atoms with E-state index in [-0.39, 0.29) is 5.91 Å². The Bertz CT molecular complexity index is 349. The highest BCUT2D eigenvalue weighted by Crippen LogP contribution is 2.24. The number of benzene rings is 1. The molecular formula is C10H15N3O. The van der Waals surface area contributed by atoms with Crippen LogP contribution in [0.5, 0.6) is 0 Å². The van der Waals surface area contributed by atoms with Gasteiger partial charge in [0, 0.05) is 26.7 Å². The number of carbonyl (C=O) groups excluding carboxylic acids is 1. The number of nitrogens with two attached hydrogens (primary N) is 1. The quantitative estimate of drug-likeness (QED) is 0.696. The molecule has 0 aliphatic rings. The van der Waals surface area contributed by atoms with Gasteiger partial charge in [0.15, 0.2) is 0 Å². The Morgan fingerprint density at radius 1 is 1.50 bits per heavy atom. The average Bonchev–Trinajstić information content (AvgIpc) is 2.16. The lowest BCUT2D eigenvalue weighted by molar-refractivity contribution is -0.116. The van der Waals surface area contributed by atoms with Crippen molar-refractivity contribution >= 4 is 23.0 Å². The third-order valence-electron chi connectivity index (χ3n) is 2.16. The van der Waals surface area contributed by atoms with Crippen LogP contribution in [0.25, 0.3) is 0 Å². The van der Waals surface area contributed by atoms with E-state index in [1.807, 2.05) is 12.1 Å². The highest BCUT2D eigenvalue weighted by Gasteiger charge is 2.06. The number of hydrogen-bond donors (Lipinski definition) is 2. The van der Waals surface area contributed by atoms with Crippen LogP contribution >= 0.6 is 0 Å². The zero-order valence-corrected chi connectivity index (χ0v) is 8.66. The molecule has 1 aromatic rings. The third kappa shape index (κ3) is 1.96. The van der Waals surface area contributed by atoms with Crippen LogP contribution in [0, 0.1) is 0 Å². The van der Waals surface area contributed by atoms with Gasteiger partial charge in [0.25, 0.3) is 0 Å². The fraction of sp³-hybridized carbons (Fsp3) is 0.300. The van der Waals surface area contributed by atoms with Crippen molar-refractivity contribution in [3.05, 3.63) is 18.2 Å². The maximum absolute atomic E-state index is 11.1. The number of rotatable bonds is 2. The van der Waals surface area contributed by atoms with Crippen molar-refractivity contribution in [2.75, 3.05) is 30.0 Å². The first-order valence-corrected chi connectivity index (χ1v) is 4.38. The van der Waals surface area contributed by atoms with Gasteiger partial charge in [-0.05, 0) is 18.2 Å². The average molecular weight is 193 g/mol. The summed E-state index contributed by atoms with van der Waals surface area (Å²) in [6.07, 6.45) is 0. The minimum absolute atomic E-state index is 0.0124. The van der Waals surface area contributed by atoms with Crippen molar-refractivity contribution < 1.29 is 4.79 Å². The molecule has 76 valence electrons. The number of amides is 1. The van der Waals surface area contributed by atoms with Crippen molar-refractivity contribution in [3.8, 4) is 0 Å². The lowest BCUT2D eigenvalue weighted by Crippen LogP contribution is -2.22. The molecule has 0 unspecified atom stereocenters. The van der Waals surface area contributed by atoms with Gasteiger partial charge in [0.05, 0.1) is 11.4 Å². The van der Waals surface area contributed by atoms with E-state index < -0.39 is 0 Å². The lowest BCUT2D eigenvalue weighted by atomic mass is 10.2. The molecule has 0 spiro atoms. The Morgan fingerprint density at radius 2 is 2.14 bits per heavy atom. The Labute approximate surface area is 83.7 Å². The van der Waals surface area contributed by atoms with Crippen molar-refractivity contribution in [1.29, 1.82) is 0 Å². The van der Waals surface area contributed by atoms with Crippen LogP contribution in [0.1, 0.15) is 6.92 Å². The molecule has 14 heavy (non-hydrogen) atoms. The second kappa shape index (κ2) is 4.00. The van der Waals surface area contributed by atoms with E-state index in [0.29, 0.717) is 5.69 Å². The molecule has 0 bridgehead atoms. The fourth-order valence-corrected chi connectivity index (χ4v) is 1.17. The Kier molecular flexibility index (Phi) is 2.96. The first kappa shape index (κ1) is 10.4. The molecule has 0 radical (unpaired) electrons. The molecule has 0 saturated carbocycles. The van der Waals surface area contributed by atoms with Gasteiger partial charge in [0.1, 0.15) is 0 Å². The molecule has 4 heteroatoms. The maximum atomic E-state index is 11.1. The normalized spacial score (nSPS) is 9.64. The molecule has 1 aromatic carbocycles. The predicted molar refractivity (Wildman–Crippen MR) is 59.5 cm³/mol. The molecule has 0 atom stereocenters. The molecule has 3 N–H and O–H groups in total. The first-order valence-electron chi connectivity index (χ1n) is 4.38. The number of nitrogens with zero attached hydrogens (tertiary/aromatic N) is 1. The summed E-state index contributed by atoms with van der Waals surface area (Å²) in [7, 11) is 3.52. The van der Waals surface area contributed by atoms with E-state index in [9.17, 15) is 4.79 Å². The largest absolute Gasteiger partial charge is 0.397 e. The number of hydrogen-bond acceptors (Lipinski definition) is 3. The molecule has 1 amide bonds. The fourth-order valence-electron chi connectivity index (χ4n) is 1.17. The van der Waals surface area contributed by atoms with Gasteiger partial charge in [0.2, 0.25) is 5.91 Å². The van der Waals surface area contributed by atoms with Gasteiger partial charge in [-0.25, -0.2) is 0 Å². The Morgan fingerprint density at radius 3 is 2.57 bits per heavy atom. The summed E-state index contributed by atoms with van der Waals surface area (Å²) >= 11 is 0. The zero-order chi connectivity index (χ0) is 10.7. The summed E-state index contributed by atoms with van der Waals surface area (Å²) in [5.41, 5.74) is 8.07. The van der Waals surface area contributed by atoms with Gasteiger partial charge in [-0.3, -0.25) is 4.79 Å². The third-order valence-corrected chi connectivity index (χ3v) is 2.16. The zero-order valence-electron chi connectivity index (χ0n) is 8.66. The van der Waals surface area contributed by atoms with Crippen molar-refractivity contribution in [2.45, 2.75) is 6.92 Å². The standard InChI is InChI=1S/C10H15N3O/c1-7(14)13(3)8-4-5-10(12-2)9(11)6-8/h4-6,12H,11H2,1-3H3. The van der Waals surface area contributed by atoms with Crippen LogP contribution < -0.4 is 16.0 Å². The van der Waals surface area contributed by atoms with Crippen molar-refractivity contribution in [1.82, 2.24) is 0 Å². The molecule has 0 aromatic heterocycles. The summed E-state index contributed by atoms with van der Waals surface area (Å²) in [6.45, 7) is 1.52. The second-order valence-corrected chi connectivity index (χ2v) is 3.10. The van der Waals surface area contributed by atoms with Gasteiger partial charge >= 0.3 is 0 Å². The van der Waals surface area contributed by atoms with Crippen LogP contribution in [0.15, 0.2) is 18.2 Å². The summed E-state index contributed by atoms with van der Waals surface area (Å²) in [5, 5.41) is 2.96. The van der Waals surface area contributed by atoms with Crippen LogP contribution in [0.3, 0.4) is 0 Å². The Balaban J connectivity index is 3.02. The summed E-state index contributed by atoms with van der Waals surface area (Å²) < 4.78 is 0. The molecule has 0 aliphatic heterocycles. The maximum Gasteiger partial charge on any atom is 0.223 e. The molecule has 1 rings (SSSR count). The van der Waals surface area contributed by atoms with Gasteiger partial charge in [-0.2, -0.15) is 0 Å². The van der Waals surface area contributed by atoms with E-state index >= 15 is 0 Å². The predicted octanol–water partition coefficient (Wildman–Crippen LogP) is 1.29. The summed E-state index contributed by atoms with van der Waals surface area (Å²) in [6, 6.07) is 5.47. The number of nitrogens with one attached hydrogen (secondary N) is 1. The lowest BCUT2D eigenvalue weighted by Gasteiger charge is -2.16. The molecule has 0 heterocycles. The van der Waals surface area contributed by atoms with Crippen LogP contribution in [0.2, 0.25) is 0 Å². The van der Waals surface area contributed by atoms with Gasteiger partial charge in [-0.1, -0.05) is 0 Å². The topological polar surface area (TPSA) is 58.4 Å².